The van der Waals surface area contributed by atoms with Gasteiger partial charge in [0, 0.05) is 24.7 Å². The summed E-state index contributed by atoms with van der Waals surface area (Å²) in [5, 5.41) is 9.53. The Morgan fingerprint density at radius 3 is 2.63 bits per heavy atom. The van der Waals surface area contributed by atoms with E-state index in [0.717, 1.165) is 11.7 Å². The van der Waals surface area contributed by atoms with E-state index < -0.39 is 0 Å². The number of nitrogens with one attached hydrogen (secondary N) is 3. The zero-order valence-corrected chi connectivity index (χ0v) is 17.1. The minimum atomic E-state index is -0.229. The van der Waals surface area contributed by atoms with Crippen LogP contribution in [0.5, 0.6) is 5.75 Å². The Kier molecular flexibility index (Phi) is 7.18. The second kappa shape index (κ2) is 9.36. The summed E-state index contributed by atoms with van der Waals surface area (Å²) in [4.78, 5) is 29.4. The number of carbonyl (C=O) groups excluding carboxylic acids is 2. The second-order valence-electron chi connectivity index (χ2n) is 6.48. The smallest absolute Gasteiger partial charge is 0.267 e. The first-order valence-electron chi connectivity index (χ1n) is 8.84. The van der Waals surface area contributed by atoms with Crippen molar-refractivity contribution < 1.29 is 14.3 Å². The SMILES string of the molecule is CCNc1nc(C)c(C(=O)Nc2ccc(NC(=O)CC(C)C)c(OC)c2)s1. The molecular weight excluding hydrogens is 364 g/mol. The van der Waals surface area contributed by atoms with E-state index in [0.29, 0.717) is 34.1 Å². The van der Waals surface area contributed by atoms with Gasteiger partial charge in [-0.1, -0.05) is 25.2 Å². The highest BCUT2D eigenvalue weighted by Crippen LogP contribution is 2.29. The Morgan fingerprint density at radius 2 is 2.00 bits per heavy atom. The number of hydrogen-bond acceptors (Lipinski definition) is 6. The number of methoxy groups -OCH3 is 1. The Morgan fingerprint density at radius 1 is 1.26 bits per heavy atom. The van der Waals surface area contributed by atoms with Crippen LogP contribution in [0.2, 0.25) is 0 Å². The molecule has 0 aliphatic carbocycles. The van der Waals surface area contributed by atoms with Crippen LogP contribution in [0.25, 0.3) is 0 Å². The molecule has 1 aromatic heterocycles. The first-order valence-corrected chi connectivity index (χ1v) is 9.66. The van der Waals surface area contributed by atoms with Gasteiger partial charge in [0.2, 0.25) is 5.91 Å². The molecule has 0 spiro atoms. The minimum Gasteiger partial charge on any atom is -0.494 e. The number of rotatable bonds is 8. The summed E-state index contributed by atoms with van der Waals surface area (Å²) in [6.07, 6.45) is 0.431. The highest BCUT2D eigenvalue weighted by atomic mass is 32.1. The molecule has 0 radical (unpaired) electrons. The molecular formula is C19H26N4O3S. The average molecular weight is 391 g/mol. The number of benzene rings is 1. The number of aromatic nitrogens is 1. The van der Waals surface area contributed by atoms with Gasteiger partial charge in [-0.25, -0.2) is 4.98 Å². The predicted molar refractivity (Wildman–Crippen MR) is 110 cm³/mol. The van der Waals surface area contributed by atoms with E-state index in [1.165, 1.54) is 18.4 Å². The van der Waals surface area contributed by atoms with Crippen molar-refractivity contribution in [3.05, 3.63) is 28.8 Å². The van der Waals surface area contributed by atoms with Gasteiger partial charge in [0.15, 0.2) is 5.13 Å². The Labute approximate surface area is 163 Å². The molecule has 0 saturated heterocycles. The summed E-state index contributed by atoms with van der Waals surface area (Å²) in [5.41, 5.74) is 1.83. The van der Waals surface area contributed by atoms with Gasteiger partial charge < -0.3 is 20.7 Å². The predicted octanol–water partition coefficient (Wildman–Crippen LogP) is 4.13. The molecule has 8 heteroatoms. The van der Waals surface area contributed by atoms with Gasteiger partial charge in [0.25, 0.3) is 5.91 Å². The molecule has 1 aromatic carbocycles. The van der Waals surface area contributed by atoms with Gasteiger partial charge in [-0.3, -0.25) is 9.59 Å². The lowest BCUT2D eigenvalue weighted by Gasteiger charge is -2.13. The molecule has 0 unspecified atom stereocenters. The summed E-state index contributed by atoms with van der Waals surface area (Å²) >= 11 is 1.32. The molecule has 0 saturated carbocycles. The van der Waals surface area contributed by atoms with Gasteiger partial charge in [0.1, 0.15) is 10.6 Å². The van der Waals surface area contributed by atoms with Crippen LogP contribution >= 0.6 is 11.3 Å². The highest BCUT2D eigenvalue weighted by molar-refractivity contribution is 7.17. The van der Waals surface area contributed by atoms with Crippen LogP contribution in [-0.2, 0) is 4.79 Å². The number of hydrogen-bond donors (Lipinski definition) is 3. The number of nitrogens with zero attached hydrogens (tertiary/aromatic N) is 1. The van der Waals surface area contributed by atoms with Crippen molar-refractivity contribution in [3.63, 3.8) is 0 Å². The van der Waals surface area contributed by atoms with E-state index in [1.807, 2.05) is 20.8 Å². The summed E-state index contributed by atoms with van der Waals surface area (Å²) < 4.78 is 5.35. The number of carbonyl (C=O) groups is 2. The lowest BCUT2D eigenvalue weighted by Crippen LogP contribution is -2.15. The van der Waals surface area contributed by atoms with E-state index in [1.54, 1.807) is 25.1 Å². The zero-order valence-electron chi connectivity index (χ0n) is 16.3. The molecule has 0 aliphatic heterocycles. The number of thiazole rings is 1. The average Bonchev–Trinajstić information content (AvgIpc) is 2.96. The van der Waals surface area contributed by atoms with Crippen LogP contribution in [0.4, 0.5) is 16.5 Å². The molecule has 2 amide bonds. The van der Waals surface area contributed by atoms with Crippen LogP contribution in [-0.4, -0.2) is 30.5 Å². The Bertz CT molecular complexity index is 817. The fourth-order valence-corrected chi connectivity index (χ4v) is 3.40. The van der Waals surface area contributed by atoms with Gasteiger partial charge >= 0.3 is 0 Å². The first-order chi connectivity index (χ1) is 12.8. The monoisotopic (exact) mass is 390 g/mol. The summed E-state index contributed by atoms with van der Waals surface area (Å²) in [6.45, 7) is 8.50. The van der Waals surface area contributed by atoms with Crippen molar-refractivity contribution in [2.24, 2.45) is 5.92 Å². The van der Waals surface area contributed by atoms with Crippen molar-refractivity contribution >= 4 is 39.7 Å². The molecule has 2 aromatic rings. The normalized spacial score (nSPS) is 10.6. The van der Waals surface area contributed by atoms with Crippen molar-refractivity contribution in [3.8, 4) is 5.75 Å². The molecule has 27 heavy (non-hydrogen) atoms. The van der Waals surface area contributed by atoms with Crippen LogP contribution in [0.3, 0.4) is 0 Å². The number of anilines is 3. The lowest BCUT2D eigenvalue weighted by atomic mass is 10.1. The lowest BCUT2D eigenvalue weighted by molar-refractivity contribution is -0.116. The molecule has 146 valence electrons. The molecule has 2 rings (SSSR count). The summed E-state index contributed by atoms with van der Waals surface area (Å²) in [7, 11) is 1.52. The number of amides is 2. The van der Waals surface area contributed by atoms with Crippen LogP contribution < -0.4 is 20.7 Å². The largest absolute Gasteiger partial charge is 0.494 e. The number of aryl methyl sites for hydroxylation is 1. The minimum absolute atomic E-state index is 0.0728. The second-order valence-corrected chi connectivity index (χ2v) is 7.48. The van der Waals surface area contributed by atoms with Gasteiger partial charge in [0.05, 0.1) is 18.5 Å². The maximum atomic E-state index is 12.6. The molecule has 0 atom stereocenters. The van der Waals surface area contributed by atoms with Crippen molar-refractivity contribution in [1.29, 1.82) is 0 Å². The quantitative estimate of drug-likeness (QED) is 0.630. The molecule has 0 fully saturated rings. The van der Waals surface area contributed by atoms with Gasteiger partial charge in [-0.15, -0.1) is 0 Å². The molecule has 1 heterocycles. The van der Waals surface area contributed by atoms with E-state index in [4.69, 9.17) is 4.74 Å². The van der Waals surface area contributed by atoms with Crippen molar-refractivity contribution in [2.75, 3.05) is 29.6 Å². The molecule has 0 aliphatic rings. The number of ether oxygens (including phenoxy) is 1. The van der Waals surface area contributed by atoms with Crippen molar-refractivity contribution in [2.45, 2.75) is 34.1 Å². The van der Waals surface area contributed by atoms with Crippen molar-refractivity contribution in [1.82, 2.24) is 4.98 Å². The Hall–Kier alpha value is -2.61. The third-order valence-corrected chi connectivity index (χ3v) is 4.77. The standard InChI is InChI=1S/C19H26N4O3S/c1-6-20-19-21-12(4)17(27-19)18(25)22-13-7-8-14(15(10-13)26-5)23-16(24)9-11(2)3/h7-8,10-11H,6,9H2,1-5H3,(H,20,21)(H,22,25)(H,23,24). The van der Waals surface area contributed by atoms with Crippen LogP contribution in [0.1, 0.15) is 42.6 Å². The molecule has 3 N–H and O–H groups in total. The zero-order chi connectivity index (χ0) is 20.0. The van der Waals surface area contributed by atoms with Crippen LogP contribution in [0, 0.1) is 12.8 Å². The third-order valence-electron chi connectivity index (χ3n) is 3.66. The van der Waals surface area contributed by atoms with E-state index in [2.05, 4.69) is 20.9 Å². The fraction of sp³-hybridized carbons (Fsp3) is 0.421. The molecule has 0 bridgehead atoms. The van der Waals surface area contributed by atoms with Gasteiger partial charge in [-0.05, 0) is 31.9 Å². The summed E-state index contributed by atoms with van der Waals surface area (Å²) in [6, 6.07) is 5.13. The van der Waals surface area contributed by atoms with E-state index in [9.17, 15) is 9.59 Å². The first kappa shape index (κ1) is 20.7. The van der Waals surface area contributed by atoms with Crippen LogP contribution in [0.15, 0.2) is 18.2 Å². The highest BCUT2D eigenvalue weighted by Gasteiger charge is 2.16. The van der Waals surface area contributed by atoms with Gasteiger partial charge in [-0.2, -0.15) is 0 Å². The maximum absolute atomic E-state index is 12.6. The third kappa shape index (κ3) is 5.68. The Balaban J connectivity index is 2.13. The molecule has 7 nitrogen and oxygen atoms in total. The summed E-state index contributed by atoms with van der Waals surface area (Å²) in [5.74, 6) is 0.452. The maximum Gasteiger partial charge on any atom is 0.267 e. The van der Waals surface area contributed by atoms with E-state index in [-0.39, 0.29) is 17.7 Å². The van der Waals surface area contributed by atoms with E-state index >= 15 is 0 Å². The topological polar surface area (TPSA) is 92.4 Å². The fourth-order valence-electron chi connectivity index (χ4n) is 2.47.